The van der Waals surface area contributed by atoms with Crippen LogP contribution < -0.4 is 0 Å². The molecular weight excluding hydrogens is 303 g/mol. The number of hydrogen-bond donors (Lipinski definition) is 0. The molecule has 0 aliphatic rings. The summed E-state index contributed by atoms with van der Waals surface area (Å²) in [6.45, 7) is 8.12. The van der Waals surface area contributed by atoms with Crippen LogP contribution >= 0.6 is 17.1 Å². The van der Waals surface area contributed by atoms with Crippen LogP contribution in [0.15, 0.2) is 10.3 Å². The largest absolute Gasteiger partial charge is 0.441 e. The van der Waals surface area contributed by atoms with Crippen LogP contribution in [-0.4, -0.2) is 22.5 Å². The molecule has 1 atom stereocenters. The first-order valence-corrected chi connectivity index (χ1v) is 10.3. The molecule has 0 radical (unpaired) electrons. The summed E-state index contributed by atoms with van der Waals surface area (Å²) in [7, 11) is 0. The van der Waals surface area contributed by atoms with Crippen LogP contribution in [0.1, 0.15) is 38.9 Å². The third kappa shape index (κ3) is 6.08. The number of rotatable bonds is 8. The van der Waals surface area contributed by atoms with Crippen molar-refractivity contribution in [3.8, 4) is 0 Å². The van der Waals surface area contributed by atoms with Gasteiger partial charge in [0.25, 0.3) is 5.69 Å². The van der Waals surface area contributed by atoms with E-state index in [2.05, 4.69) is 17.1 Å². The van der Waals surface area contributed by atoms with E-state index in [1.54, 1.807) is 24.4 Å². The average molecular weight is 322 g/mol. The third-order valence-electron chi connectivity index (χ3n) is 1.87. The Labute approximate surface area is 123 Å². The molecule has 0 fully saturated rings. The van der Waals surface area contributed by atoms with Gasteiger partial charge in [0.1, 0.15) is 5.76 Å². The Hall–Kier alpha value is -0.360. The van der Waals surface area contributed by atoms with E-state index >= 15 is 0 Å². The molecule has 1 unspecified atom stereocenters. The summed E-state index contributed by atoms with van der Waals surface area (Å²) in [6, 6.07) is 0. The van der Waals surface area contributed by atoms with Crippen molar-refractivity contribution >= 4 is 35.0 Å². The van der Waals surface area contributed by atoms with Crippen molar-refractivity contribution in [2.24, 2.45) is 0 Å². The van der Waals surface area contributed by atoms with Crippen molar-refractivity contribution in [2.75, 3.05) is 12.4 Å². The van der Waals surface area contributed by atoms with Gasteiger partial charge in [-0.15, -0.1) is 0 Å². The third-order valence-corrected chi connectivity index (χ3v) is 7.39. The van der Waals surface area contributed by atoms with E-state index in [1.165, 1.54) is 0 Å². The number of allylic oxidation sites excluding steroid dienone is 1. The molecule has 1 aromatic rings. The molecule has 0 aliphatic carbocycles. The van der Waals surface area contributed by atoms with Crippen LogP contribution in [0.2, 0.25) is 0 Å². The minimum absolute atomic E-state index is 0.480. The quantitative estimate of drug-likeness (QED) is 0.526. The molecule has 0 N–H and O–H groups in total. The van der Waals surface area contributed by atoms with E-state index in [0.29, 0.717) is 24.1 Å². The van der Waals surface area contributed by atoms with E-state index in [1.807, 2.05) is 13.8 Å². The van der Waals surface area contributed by atoms with Gasteiger partial charge in [-0.1, -0.05) is 23.5 Å². The Morgan fingerprint density at radius 3 is 2.79 bits per heavy atom. The first kappa shape index (κ1) is 16.7. The maximum absolute atomic E-state index is 5.80. The summed E-state index contributed by atoms with van der Waals surface area (Å²) in [5.41, 5.74) is -2.33. The number of hydrogen-bond acceptors (Lipinski definition) is 7. The van der Waals surface area contributed by atoms with E-state index in [0.717, 1.165) is 12.2 Å². The summed E-state index contributed by atoms with van der Waals surface area (Å²) < 4.78 is 16.3. The maximum Gasteiger partial charge on any atom is 0.297 e. The van der Waals surface area contributed by atoms with E-state index < -0.39 is 5.69 Å². The van der Waals surface area contributed by atoms with Gasteiger partial charge >= 0.3 is 0 Å². The number of aryl methyl sites for hydroxylation is 1. The van der Waals surface area contributed by atoms with E-state index in [-0.39, 0.29) is 0 Å². The van der Waals surface area contributed by atoms with E-state index in [4.69, 9.17) is 25.4 Å². The summed E-state index contributed by atoms with van der Waals surface area (Å²) in [5.74, 6) is 2.56. The SMILES string of the molecule is CCCSP(=S)(OCC)OC(C)=Cc1noc(C)n1. The van der Waals surface area contributed by atoms with Crippen molar-refractivity contribution in [1.82, 2.24) is 10.1 Å². The van der Waals surface area contributed by atoms with Crippen molar-refractivity contribution < 1.29 is 13.6 Å². The fourth-order valence-electron chi connectivity index (χ4n) is 1.21. The molecule has 5 nitrogen and oxygen atoms in total. The van der Waals surface area contributed by atoms with Crippen LogP contribution in [0.4, 0.5) is 0 Å². The van der Waals surface area contributed by atoms with Gasteiger partial charge in [-0.2, -0.15) is 4.98 Å². The Balaban J connectivity index is 2.72. The zero-order valence-corrected chi connectivity index (χ0v) is 14.1. The van der Waals surface area contributed by atoms with Gasteiger partial charge in [0.15, 0.2) is 5.82 Å². The molecule has 108 valence electrons. The first-order valence-electron chi connectivity index (χ1n) is 6.06. The lowest BCUT2D eigenvalue weighted by Crippen LogP contribution is -1.93. The van der Waals surface area contributed by atoms with Crippen molar-refractivity contribution in [2.45, 2.75) is 34.1 Å². The van der Waals surface area contributed by atoms with Crippen LogP contribution in [0, 0.1) is 6.92 Å². The van der Waals surface area contributed by atoms with Gasteiger partial charge in [0.05, 0.1) is 6.61 Å². The normalized spacial score (nSPS) is 15.3. The highest BCUT2D eigenvalue weighted by molar-refractivity contribution is 8.67. The Bertz CT molecular complexity index is 476. The predicted octanol–water partition coefficient (Wildman–Crippen LogP) is 4.16. The van der Waals surface area contributed by atoms with Gasteiger partial charge in [0, 0.05) is 18.8 Å². The smallest absolute Gasteiger partial charge is 0.297 e. The molecule has 0 aromatic carbocycles. The minimum Gasteiger partial charge on any atom is -0.441 e. The molecule has 1 heterocycles. The second-order valence-electron chi connectivity index (χ2n) is 3.72. The topological polar surface area (TPSA) is 57.4 Å². The second kappa shape index (κ2) is 8.04. The molecule has 19 heavy (non-hydrogen) atoms. The van der Waals surface area contributed by atoms with Crippen LogP contribution in [0.3, 0.4) is 0 Å². The molecule has 1 aromatic heterocycles. The molecular formula is C11H19N2O3PS2. The fourth-order valence-corrected chi connectivity index (χ4v) is 6.13. The number of nitrogens with zero attached hydrogens (tertiary/aromatic N) is 2. The molecule has 0 bridgehead atoms. The molecule has 0 saturated heterocycles. The lowest BCUT2D eigenvalue weighted by Gasteiger charge is -2.21. The zero-order valence-electron chi connectivity index (χ0n) is 11.6. The molecule has 0 amide bonds. The van der Waals surface area contributed by atoms with Gasteiger partial charge in [-0.25, -0.2) is 0 Å². The van der Waals surface area contributed by atoms with Crippen LogP contribution in [-0.2, 0) is 20.9 Å². The highest BCUT2D eigenvalue weighted by Gasteiger charge is 2.20. The maximum atomic E-state index is 5.80. The van der Waals surface area contributed by atoms with Gasteiger partial charge in [-0.3, -0.25) is 0 Å². The van der Waals surface area contributed by atoms with Gasteiger partial charge in [0.2, 0.25) is 5.89 Å². The lowest BCUT2D eigenvalue weighted by molar-refractivity contribution is 0.317. The lowest BCUT2D eigenvalue weighted by atomic mass is 10.5. The molecule has 0 aliphatic heterocycles. The van der Waals surface area contributed by atoms with E-state index in [9.17, 15) is 0 Å². The summed E-state index contributed by atoms with van der Waals surface area (Å²) in [4.78, 5) is 4.09. The Morgan fingerprint density at radius 1 is 1.53 bits per heavy atom. The standard InChI is InChI=1S/C11H19N2O3PS2/c1-5-7-19-17(18,14-6-2)16-9(3)8-11-12-10(4)15-13-11/h8H,5-7H2,1-4H3. The highest BCUT2D eigenvalue weighted by Crippen LogP contribution is 2.62. The Kier molecular flexibility index (Phi) is 7.07. The zero-order chi connectivity index (χ0) is 14.3. The minimum atomic E-state index is -2.33. The van der Waals surface area contributed by atoms with Crippen molar-refractivity contribution in [1.29, 1.82) is 0 Å². The molecule has 0 saturated carbocycles. The van der Waals surface area contributed by atoms with Crippen LogP contribution in [0.5, 0.6) is 0 Å². The van der Waals surface area contributed by atoms with Gasteiger partial charge < -0.3 is 13.6 Å². The van der Waals surface area contributed by atoms with Crippen molar-refractivity contribution in [3.05, 3.63) is 17.5 Å². The molecule has 8 heteroatoms. The summed E-state index contributed by atoms with van der Waals surface area (Å²) in [6.07, 6.45) is 2.73. The van der Waals surface area contributed by atoms with Crippen LogP contribution in [0.25, 0.3) is 6.08 Å². The predicted molar refractivity (Wildman–Crippen MR) is 82.4 cm³/mol. The highest BCUT2D eigenvalue weighted by atomic mass is 32.9. The first-order chi connectivity index (χ1) is 8.99. The number of aromatic nitrogens is 2. The molecule has 1 rings (SSSR count). The van der Waals surface area contributed by atoms with Gasteiger partial charge in [-0.05, 0) is 32.1 Å². The monoisotopic (exact) mass is 322 g/mol. The average Bonchev–Trinajstić information content (AvgIpc) is 2.72. The Morgan fingerprint density at radius 2 is 2.26 bits per heavy atom. The summed E-state index contributed by atoms with van der Waals surface area (Å²) >= 11 is 7.06. The molecule has 0 spiro atoms. The van der Waals surface area contributed by atoms with Crippen molar-refractivity contribution in [3.63, 3.8) is 0 Å². The summed E-state index contributed by atoms with van der Waals surface area (Å²) in [5, 5.41) is 3.78. The second-order valence-corrected chi connectivity index (χ2v) is 10.1. The fraction of sp³-hybridized carbons (Fsp3) is 0.636.